The Balaban J connectivity index is 1.62. The van der Waals surface area contributed by atoms with Crippen LogP contribution in [0.3, 0.4) is 0 Å². The van der Waals surface area contributed by atoms with Gasteiger partial charge < -0.3 is 0 Å². The van der Waals surface area contributed by atoms with Crippen molar-refractivity contribution >= 4 is 57.0 Å². The average Bonchev–Trinajstić information content (AvgIpc) is 3.02. The third kappa shape index (κ3) is 4.81. The number of carbonyl (C=O) groups excluding carboxylic acids is 1. The number of thiazole rings is 1. The minimum atomic E-state index is -0.239. The average molecular weight is 390 g/mol. The lowest BCUT2D eigenvalue weighted by Gasteiger charge is -2.10. The number of aromatic nitrogens is 1. The molecule has 1 atom stereocenters. The van der Waals surface area contributed by atoms with Crippen LogP contribution in [0.15, 0.2) is 58.0 Å². The Bertz CT molecular complexity index is 877. The molecule has 2 aromatic carbocycles. The molecule has 1 unspecified atom stereocenters. The van der Waals surface area contributed by atoms with E-state index in [2.05, 4.69) is 15.5 Å². The molecular formula is C18H16ClN3OS2. The molecule has 1 amide bonds. The molecule has 0 aliphatic carbocycles. The Labute approximate surface area is 159 Å². The highest BCUT2D eigenvalue weighted by Crippen LogP contribution is 2.33. The third-order valence-electron chi connectivity index (χ3n) is 3.42. The third-order valence-corrected chi connectivity index (χ3v) is 6.15. The highest BCUT2D eigenvalue weighted by atomic mass is 35.5. The van der Waals surface area contributed by atoms with E-state index in [-0.39, 0.29) is 11.2 Å². The molecule has 0 radical (unpaired) electrons. The van der Waals surface area contributed by atoms with Crippen molar-refractivity contribution in [3.63, 3.8) is 0 Å². The Hall–Kier alpha value is -1.89. The second kappa shape index (κ2) is 8.47. The molecule has 25 heavy (non-hydrogen) atoms. The SMILES string of the molecule is CCC(Sc1nc2ccccc2s1)C(=O)NN=Cc1cccc(Cl)c1. The van der Waals surface area contributed by atoms with Crippen molar-refractivity contribution in [3.05, 3.63) is 59.1 Å². The molecule has 0 aliphatic rings. The number of hydrazone groups is 1. The molecule has 0 saturated carbocycles. The Morgan fingerprint density at radius 2 is 2.20 bits per heavy atom. The smallest absolute Gasteiger partial charge is 0.253 e. The molecule has 1 heterocycles. The lowest BCUT2D eigenvalue weighted by molar-refractivity contribution is -0.120. The van der Waals surface area contributed by atoms with Gasteiger partial charge in [-0.2, -0.15) is 5.10 Å². The van der Waals surface area contributed by atoms with Crippen molar-refractivity contribution in [2.24, 2.45) is 5.10 Å². The van der Waals surface area contributed by atoms with Gasteiger partial charge in [0.2, 0.25) is 0 Å². The first-order valence-electron chi connectivity index (χ1n) is 7.76. The summed E-state index contributed by atoms with van der Waals surface area (Å²) in [7, 11) is 0. The van der Waals surface area contributed by atoms with Gasteiger partial charge in [0, 0.05) is 5.02 Å². The Kier molecular flexibility index (Phi) is 6.07. The lowest BCUT2D eigenvalue weighted by atomic mass is 10.2. The van der Waals surface area contributed by atoms with E-state index < -0.39 is 0 Å². The number of nitrogens with one attached hydrogen (secondary N) is 1. The summed E-state index contributed by atoms with van der Waals surface area (Å²) in [5.74, 6) is -0.134. The molecule has 7 heteroatoms. The molecule has 128 valence electrons. The van der Waals surface area contributed by atoms with Gasteiger partial charge in [-0.1, -0.05) is 54.6 Å². The summed E-state index contributed by atoms with van der Waals surface area (Å²) in [6.07, 6.45) is 2.28. The molecule has 0 aliphatic heterocycles. The van der Waals surface area contributed by atoms with E-state index in [1.54, 1.807) is 29.7 Å². The summed E-state index contributed by atoms with van der Waals surface area (Å²) < 4.78 is 2.02. The number of hydrogen-bond donors (Lipinski definition) is 1. The normalized spacial score (nSPS) is 12.6. The Morgan fingerprint density at radius 1 is 1.36 bits per heavy atom. The summed E-state index contributed by atoms with van der Waals surface area (Å²) in [4.78, 5) is 16.9. The molecule has 1 N–H and O–H groups in total. The van der Waals surface area contributed by atoms with Crippen molar-refractivity contribution in [2.75, 3.05) is 0 Å². The van der Waals surface area contributed by atoms with Gasteiger partial charge in [0.15, 0.2) is 4.34 Å². The van der Waals surface area contributed by atoms with E-state index in [4.69, 9.17) is 11.6 Å². The fourth-order valence-corrected chi connectivity index (χ4v) is 4.60. The number of rotatable bonds is 6. The molecule has 4 nitrogen and oxygen atoms in total. The molecule has 3 rings (SSSR count). The van der Waals surface area contributed by atoms with Crippen LogP contribution >= 0.6 is 34.7 Å². The summed E-state index contributed by atoms with van der Waals surface area (Å²) in [6.45, 7) is 1.98. The van der Waals surface area contributed by atoms with Crippen LogP contribution in [0.5, 0.6) is 0 Å². The molecule has 0 saturated heterocycles. The van der Waals surface area contributed by atoms with Gasteiger partial charge in [-0.15, -0.1) is 11.3 Å². The van der Waals surface area contributed by atoms with Crippen molar-refractivity contribution < 1.29 is 4.79 Å². The van der Waals surface area contributed by atoms with Gasteiger partial charge in [-0.3, -0.25) is 4.79 Å². The number of amides is 1. The van der Waals surface area contributed by atoms with Crippen molar-refractivity contribution in [3.8, 4) is 0 Å². The largest absolute Gasteiger partial charge is 0.272 e. The number of para-hydroxylation sites is 1. The van der Waals surface area contributed by atoms with E-state index in [1.165, 1.54) is 11.8 Å². The molecule has 1 aromatic heterocycles. The lowest BCUT2D eigenvalue weighted by Crippen LogP contribution is -2.28. The summed E-state index contributed by atoms with van der Waals surface area (Å²) in [6, 6.07) is 15.2. The van der Waals surface area contributed by atoms with Gasteiger partial charge in [0.1, 0.15) is 0 Å². The number of halogens is 1. The van der Waals surface area contributed by atoms with E-state index >= 15 is 0 Å². The number of thioether (sulfide) groups is 1. The summed E-state index contributed by atoms with van der Waals surface area (Å²) in [5.41, 5.74) is 4.39. The van der Waals surface area contributed by atoms with E-state index in [0.29, 0.717) is 11.4 Å². The van der Waals surface area contributed by atoms with E-state index in [1.807, 2.05) is 43.3 Å². The van der Waals surface area contributed by atoms with Crippen LogP contribution < -0.4 is 5.43 Å². The van der Waals surface area contributed by atoms with Gasteiger partial charge in [-0.05, 0) is 36.2 Å². The first kappa shape index (κ1) is 17.9. The van der Waals surface area contributed by atoms with Gasteiger partial charge in [0.25, 0.3) is 5.91 Å². The summed E-state index contributed by atoms with van der Waals surface area (Å²) >= 11 is 9.00. The number of fused-ring (bicyclic) bond motifs is 1. The van der Waals surface area contributed by atoms with Crippen LogP contribution in [0, 0.1) is 0 Å². The number of carbonyl (C=O) groups is 1. The van der Waals surface area contributed by atoms with Crippen molar-refractivity contribution in [1.82, 2.24) is 10.4 Å². The maximum Gasteiger partial charge on any atom is 0.253 e. The minimum Gasteiger partial charge on any atom is -0.272 e. The van der Waals surface area contributed by atoms with Crippen LogP contribution in [0.4, 0.5) is 0 Å². The van der Waals surface area contributed by atoms with Crippen LogP contribution in [-0.2, 0) is 4.79 Å². The molecule has 0 fully saturated rings. The second-order valence-electron chi connectivity index (χ2n) is 5.25. The minimum absolute atomic E-state index is 0.134. The van der Waals surface area contributed by atoms with Gasteiger partial charge in [-0.25, -0.2) is 10.4 Å². The van der Waals surface area contributed by atoms with E-state index in [9.17, 15) is 4.79 Å². The van der Waals surface area contributed by atoms with Crippen molar-refractivity contribution in [2.45, 2.75) is 22.9 Å². The molecule has 0 spiro atoms. The predicted molar refractivity (Wildman–Crippen MR) is 107 cm³/mol. The topological polar surface area (TPSA) is 54.4 Å². The van der Waals surface area contributed by atoms with Crippen molar-refractivity contribution in [1.29, 1.82) is 0 Å². The molecule has 0 bridgehead atoms. The maximum atomic E-state index is 12.4. The first-order valence-corrected chi connectivity index (χ1v) is 9.84. The highest BCUT2D eigenvalue weighted by molar-refractivity contribution is 8.02. The van der Waals surface area contributed by atoms with Crippen LogP contribution in [-0.4, -0.2) is 22.4 Å². The van der Waals surface area contributed by atoms with Crippen LogP contribution in [0.1, 0.15) is 18.9 Å². The Morgan fingerprint density at radius 3 is 2.96 bits per heavy atom. The first-order chi connectivity index (χ1) is 12.2. The number of hydrogen-bond acceptors (Lipinski definition) is 5. The zero-order valence-electron chi connectivity index (χ0n) is 13.5. The van der Waals surface area contributed by atoms with Gasteiger partial charge >= 0.3 is 0 Å². The monoisotopic (exact) mass is 389 g/mol. The zero-order chi connectivity index (χ0) is 17.6. The highest BCUT2D eigenvalue weighted by Gasteiger charge is 2.19. The molecular weight excluding hydrogens is 374 g/mol. The quantitative estimate of drug-likeness (QED) is 0.368. The summed E-state index contributed by atoms with van der Waals surface area (Å²) in [5, 5.41) is 4.42. The van der Waals surface area contributed by atoms with Crippen LogP contribution in [0.25, 0.3) is 10.2 Å². The predicted octanol–water partition coefficient (Wildman–Crippen LogP) is 4.97. The number of nitrogens with zero attached hydrogens (tertiary/aromatic N) is 2. The maximum absolute atomic E-state index is 12.4. The van der Waals surface area contributed by atoms with Gasteiger partial charge in [0.05, 0.1) is 21.7 Å². The number of benzene rings is 2. The fourth-order valence-electron chi connectivity index (χ4n) is 2.17. The zero-order valence-corrected chi connectivity index (χ0v) is 15.9. The standard InChI is InChI=1S/C18H16ClN3OS2/c1-2-15(24-18-21-14-8-3-4-9-16(14)25-18)17(23)22-20-11-12-6-5-7-13(19)10-12/h3-11,15H,2H2,1H3,(H,22,23). The molecule has 3 aromatic rings. The fraction of sp³-hybridized carbons (Fsp3) is 0.167. The van der Waals surface area contributed by atoms with Crippen LogP contribution in [0.2, 0.25) is 5.02 Å². The second-order valence-corrected chi connectivity index (χ2v) is 8.17. The van der Waals surface area contributed by atoms with E-state index in [0.717, 1.165) is 20.1 Å².